The summed E-state index contributed by atoms with van der Waals surface area (Å²) in [5.41, 5.74) is 4.76. The Morgan fingerprint density at radius 1 is 1.08 bits per heavy atom. The van der Waals surface area contributed by atoms with E-state index in [-0.39, 0.29) is 5.91 Å². The lowest BCUT2D eigenvalue weighted by molar-refractivity contribution is -0.110. The lowest BCUT2D eigenvalue weighted by atomic mass is 10.1. The van der Waals surface area contributed by atoms with Crippen LogP contribution in [0.25, 0.3) is 5.57 Å². The van der Waals surface area contributed by atoms with Crippen LogP contribution in [0.2, 0.25) is 0 Å². The van der Waals surface area contributed by atoms with E-state index in [1.807, 2.05) is 24.3 Å². The molecule has 0 spiro atoms. The fourth-order valence-corrected chi connectivity index (χ4v) is 3.32. The SMILES string of the molecule is O=C1Nc2ccccc2C1=CNc1ccc(CCN2CCOCC2)cc1. The van der Waals surface area contributed by atoms with Gasteiger partial charge in [-0.2, -0.15) is 0 Å². The summed E-state index contributed by atoms with van der Waals surface area (Å²) in [6.45, 7) is 4.80. The minimum atomic E-state index is -0.0687. The van der Waals surface area contributed by atoms with Crippen LogP contribution in [0, 0.1) is 0 Å². The van der Waals surface area contributed by atoms with Gasteiger partial charge in [-0.25, -0.2) is 0 Å². The topological polar surface area (TPSA) is 53.6 Å². The van der Waals surface area contributed by atoms with Gasteiger partial charge < -0.3 is 15.4 Å². The molecule has 0 aromatic heterocycles. The third-order valence-electron chi connectivity index (χ3n) is 4.87. The highest BCUT2D eigenvalue weighted by molar-refractivity contribution is 6.31. The normalized spacial score (nSPS) is 18.6. The molecule has 0 bridgehead atoms. The summed E-state index contributed by atoms with van der Waals surface area (Å²) in [4.78, 5) is 14.5. The highest BCUT2D eigenvalue weighted by Gasteiger charge is 2.23. The Balaban J connectivity index is 1.36. The molecule has 2 aromatic rings. The van der Waals surface area contributed by atoms with Crippen LogP contribution in [-0.2, 0) is 16.0 Å². The monoisotopic (exact) mass is 349 g/mol. The molecule has 2 N–H and O–H groups in total. The van der Waals surface area contributed by atoms with Crippen LogP contribution in [0.15, 0.2) is 54.7 Å². The van der Waals surface area contributed by atoms with Crippen molar-refractivity contribution in [2.24, 2.45) is 0 Å². The summed E-state index contributed by atoms with van der Waals surface area (Å²) in [5.74, 6) is -0.0687. The predicted octanol–water partition coefficient (Wildman–Crippen LogP) is 2.97. The lowest BCUT2D eigenvalue weighted by Crippen LogP contribution is -2.37. The first-order valence-electron chi connectivity index (χ1n) is 9.06. The number of fused-ring (bicyclic) bond motifs is 1. The molecule has 0 radical (unpaired) electrons. The molecule has 1 amide bonds. The number of carbonyl (C=O) groups excluding carboxylic acids is 1. The summed E-state index contributed by atoms with van der Waals surface area (Å²) < 4.78 is 5.38. The van der Waals surface area contributed by atoms with Gasteiger partial charge in [-0.3, -0.25) is 9.69 Å². The number of morpholine rings is 1. The quantitative estimate of drug-likeness (QED) is 0.815. The largest absolute Gasteiger partial charge is 0.379 e. The molecule has 2 heterocycles. The molecule has 0 saturated carbocycles. The van der Waals surface area contributed by atoms with E-state index in [0.29, 0.717) is 5.57 Å². The fraction of sp³-hybridized carbons (Fsp3) is 0.286. The van der Waals surface area contributed by atoms with E-state index in [1.165, 1.54) is 5.56 Å². The molecule has 4 rings (SSSR count). The highest BCUT2D eigenvalue weighted by Crippen LogP contribution is 2.31. The summed E-state index contributed by atoms with van der Waals surface area (Å²) in [7, 11) is 0. The number of ether oxygens (including phenoxy) is 1. The summed E-state index contributed by atoms with van der Waals surface area (Å²) in [6.07, 6.45) is 2.82. The summed E-state index contributed by atoms with van der Waals surface area (Å²) >= 11 is 0. The summed E-state index contributed by atoms with van der Waals surface area (Å²) in [6, 6.07) is 16.1. The number of benzene rings is 2. The average Bonchev–Trinajstić information content (AvgIpc) is 3.01. The van der Waals surface area contributed by atoms with Crippen molar-refractivity contribution in [1.29, 1.82) is 0 Å². The number of hydrogen-bond acceptors (Lipinski definition) is 4. The molecule has 2 aromatic carbocycles. The van der Waals surface area contributed by atoms with Crippen LogP contribution in [0.4, 0.5) is 11.4 Å². The first-order chi connectivity index (χ1) is 12.8. The van der Waals surface area contributed by atoms with E-state index in [1.54, 1.807) is 6.20 Å². The molecule has 0 atom stereocenters. The van der Waals surface area contributed by atoms with Gasteiger partial charge in [-0.1, -0.05) is 30.3 Å². The van der Waals surface area contributed by atoms with Gasteiger partial charge in [0.2, 0.25) is 0 Å². The van der Waals surface area contributed by atoms with Crippen LogP contribution in [-0.4, -0.2) is 43.7 Å². The van der Waals surface area contributed by atoms with Gasteiger partial charge in [-0.15, -0.1) is 0 Å². The maximum Gasteiger partial charge on any atom is 0.257 e. The number of anilines is 2. The Morgan fingerprint density at radius 2 is 1.85 bits per heavy atom. The third kappa shape index (κ3) is 3.79. The van der Waals surface area contributed by atoms with Crippen LogP contribution in [0.1, 0.15) is 11.1 Å². The van der Waals surface area contributed by atoms with E-state index in [0.717, 1.165) is 56.2 Å². The second kappa shape index (κ2) is 7.72. The van der Waals surface area contributed by atoms with E-state index < -0.39 is 0 Å². The van der Waals surface area contributed by atoms with Gasteiger partial charge in [0.15, 0.2) is 0 Å². The van der Waals surface area contributed by atoms with Gasteiger partial charge in [0.1, 0.15) is 0 Å². The van der Waals surface area contributed by atoms with Crippen molar-refractivity contribution in [3.63, 3.8) is 0 Å². The van der Waals surface area contributed by atoms with Crippen molar-refractivity contribution in [3.05, 3.63) is 65.9 Å². The van der Waals surface area contributed by atoms with Crippen molar-refractivity contribution >= 4 is 22.9 Å². The smallest absolute Gasteiger partial charge is 0.257 e. The van der Waals surface area contributed by atoms with Crippen LogP contribution < -0.4 is 10.6 Å². The second-order valence-electron chi connectivity index (χ2n) is 6.60. The molecular weight excluding hydrogens is 326 g/mol. The Labute approximate surface area is 153 Å². The first kappa shape index (κ1) is 16.8. The number of amides is 1. The van der Waals surface area contributed by atoms with E-state index >= 15 is 0 Å². The number of nitrogens with zero attached hydrogens (tertiary/aromatic N) is 1. The average molecular weight is 349 g/mol. The van der Waals surface area contributed by atoms with Gasteiger partial charge >= 0.3 is 0 Å². The molecule has 26 heavy (non-hydrogen) atoms. The molecule has 1 fully saturated rings. The Morgan fingerprint density at radius 3 is 2.65 bits per heavy atom. The second-order valence-corrected chi connectivity index (χ2v) is 6.60. The number of carbonyl (C=O) groups is 1. The highest BCUT2D eigenvalue weighted by atomic mass is 16.5. The predicted molar refractivity (Wildman–Crippen MR) is 104 cm³/mol. The van der Waals surface area contributed by atoms with Crippen molar-refractivity contribution < 1.29 is 9.53 Å². The molecule has 134 valence electrons. The molecule has 5 nitrogen and oxygen atoms in total. The van der Waals surface area contributed by atoms with Crippen LogP contribution in [0.3, 0.4) is 0 Å². The van der Waals surface area contributed by atoms with E-state index in [4.69, 9.17) is 4.74 Å². The minimum absolute atomic E-state index is 0.0687. The van der Waals surface area contributed by atoms with E-state index in [9.17, 15) is 4.79 Å². The Kier molecular flexibility index (Phi) is 5.00. The molecule has 2 aliphatic rings. The van der Waals surface area contributed by atoms with Gasteiger partial charge in [-0.05, 0) is 30.2 Å². The zero-order valence-corrected chi connectivity index (χ0v) is 14.7. The fourth-order valence-electron chi connectivity index (χ4n) is 3.32. The third-order valence-corrected chi connectivity index (χ3v) is 4.87. The Hall–Kier alpha value is -2.63. The molecule has 5 heteroatoms. The molecular formula is C21H23N3O2. The number of nitrogens with one attached hydrogen (secondary N) is 2. The zero-order valence-electron chi connectivity index (χ0n) is 14.7. The van der Waals surface area contributed by atoms with Crippen molar-refractivity contribution in [2.75, 3.05) is 43.5 Å². The van der Waals surface area contributed by atoms with Crippen molar-refractivity contribution in [2.45, 2.75) is 6.42 Å². The number of para-hydroxylation sites is 1. The van der Waals surface area contributed by atoms with Gasteiger partial charge in [0, 0.05) is 42.8 Å². The molecule has 0 unspecified atom stereocenters. The maximum atomic E-state index is 12.1. The van der Waals surface area contributed by atoms with Crippen LogP contribution in [0.5, 0.6) is 0 Å². The maximum absolute atomic E-state index is 12.1. The molecule has 2 aliphatic heterocycles. The van der Waals surface area contributed by atoms with Crippen molar-refractivity contribution in [1.82, 2.24) is 4.90 Å². The standard InChI is InChI=1S/C21H23N3O2/c25-21-19(18-3-1-2-4-20(18)23-21)15-22-17-7-5-16(6-8-17)9-10-24-11-13-26-14-12-24/h1-8,15,22H,9-14H2,(H,23,25). The number of hydrogen-bond donors (Lipinski definition) is 2. The molecule has 1 saturated heterocycles. The van der Waals surface area contributed by atoms with Gasteiger partial charge in [0.05, 0.1) is 18.8 Å². The Bertz CT molecular complexity index is 808. The van der Waals surface area contributed by atoms with Crippen molar-refractivity contribution in [3.8, 4) is 0 Å². The van der Waals surface area contributed by atoms with Gasteiger partial charge in [0.25, 0.3) is 5.91 Å². The van der Waals surface area contributed by atoms with Crippen LogP contribution >= 0.6 is 0 Å². The molecule has 0 aliphatic carbocycles. The van der Waals surface area contributed by atoms with E-state index in [2.05, 4.69) is 39.8 Å². The number of rotatable bonds is 5. The lowest BCUT2D eigenvalue weighted by Gasteiger charge is -2.26. The first-order valence-corrected chi connectivity index (χ1v) is 9.06. The minimum Gasteiger partial charge on any atom is -0.379 e. The summed E-state index contributed by atoms with van der Waals surface area (Å²) in [5, 5.41) is 6.12. The zero-order chi connectivity index (χ0) is 17.8.